The summed E-state index contributed by atoms with van der Waals surface area (Å²) in [4.78, 5) is 14.7. The molecule has 5 nitrogen and oxygen atoms in total. The van der Waals surface area contributed by atoms with Gasteiger partial charge in [0, 0.05) is 31.3 Å². The standard InChI is InChI=1S/C20H31ClN2O3/c1-15(2)8-11-26-16(3)20(24)22-14-19(23-9-12-25-13-10-23)17-4-6-18(21)7-5-17/h4-7,15-16,19H,8-14H2,1-3H3,(H,22,24). The molecule has 6 heteroatoms. The molecule has 1 aliphatic heterocycles. The number of morpholine rings is 1. The zero-order chi connectivity index (χ0) is 18.9. The van der Waals surface area contributed by atoms with E-state index in [4.69, 9.17) is 21.1 Å². The number of amides is 1. The van der Waals surface area contributed by atoms with Crippen LogP contribution in [0.1, 0.15) is 38.8 Å². The van der Waals surface area contributed by atoms with Crippen LogP contribution in [0.3, 0.4) is 0 Å². The Hall–Kier alpha value is -1.14. The van der Waals surface area contributed by atoms with E-state index in [-0.39, 0.29) is 11.9 Å². The summed E-state index contributed by atoms with van der Waals surface area (Å²) in [6.07, 6.45) is 0.517. The van der Waals surface area contributed by atoms with Gasteiger partial charge in [0.15, 0.2) is 0 Å². The van der Waals surface area contributed by atoms with Gasteiger partial charge < -0.3 is 14.8 Å². The van der Waals surface area contributed by atoms with Gasteiger partial charge in [-0.2, -0.15) is 0 Å². The highest BCUT2D eigenvalue weighted by Crippen LogP contribution is 2.23. The van der Waals surface area contributed by atoms with Crippen LogP contribution in [-0.4, -0.2) is 56.4 Å². The van der Waals surface area contributed by atoms with Crippen molar-refractivity contribution in [2.45, 2.75) is 39.3 Å². The highest BCUT2D eigenvalue weighted by atomic mass is 35.5. The Morgan fingerprint density at radius 2 is 1.88 bits per heavy atom. The summed E-state index contributed by atoms with van der Waals surface area (Å²) in [6.45, 7) is 10.4. The number of halogens is 1. The third kappa shape index (κ3) is 6.88. The molecule has 0 saturated carbocycles. The second kappa shape index (κ2) is 10.9. The lowest BCUT2D eigenvalue weighted by Gasteiger charge is -2.35. The van der Waals surface area contributed by atoms with Gasteiger partial charge in [-0.25, -0.2) is 0 Å². The van der Waals surface area contributed by atoms with E-state index in [2.05, 4.69) is 24.1 Å². The summed E-state index contributed by atoms with van der Waals surface area (Å²) >= 11 is 6.02. The van der Waals surface area contributed by atoms with E-state index in [9.17, 15) is 4.79 Å². The number of ether oxygens (including phenoxy) is 2. The van der Waals surface area contributed by atoms with E-state index in [0.29, 0.717) is 37.3 Å². The second-order valence-corrected chi connectivity index (χ2v) is 7.59. The molecule has 1 N–H and O–H groups in total. The van der Waals surface area contributed by atoms with Gasteiger partial charge in [0.2, 0.25) is 5.91 Å². The van der Waals surface area contributed by atoms with Crippen LogP contribution in [0.4, 0.5) is 0 Å². The molecule has 1 saturated heterocycles. The van der Waals surface area contributed by atoms with Gasteiger partial charge in [0.1, 0.15) is 6.10 Å². The van der Waals surface area contributed by atoms with Crippen molar-refractivity contribution < 1.29 is 14.3 Å². The maximum atomic E-state index is 12.4. The Balaban J connectivity index is 1.93. The lowest BCUT2D eigenvalue weighted by atomic mass is 10.0. The molecular weight excluding hydrogens is 352 g/mol. The van der Waals surface area contributed by atoms with E-state index in [1.165, 1.54) is 0 Å². The van der Waals surface area contributed by atoms with Crippen LogP contribution in [-0.2, 0) is 14.3 Å². The largest absolute Gasteiger partial charge is 0.379 e. The summed E-state index contributed by atoms with van der Waals surface area (Å²) < 4.78 is 11.1. The molecule has 1 heterocycles. The topological polar surface area (TPSA) is 50.8 Å². The van der Waals surface area contributed by atoms with Crippen LogP contribution in [0.15, 0.2) is 24.3 Å². The number of nitrogens with one attached hydrogen (secondary N) is 1. The van der Waals surface area contributed by atoms with Gasteiger partial charge in [0.25, 0.3) is 0 Å². The molecule has 1 aromatic carbocycles. The van der Waals surface area contributed by atoms with Gasteiger partial charge >= 0.3 is 0 Å². The predicted molar refractivity (Wildman–Crippen MR) is 104 cm³/mol. The number of carbonyl (C=O) groups is 1. The van der Waals surface area contributed by atoms with Crippen LogP contribution < -0.4 is 5.32 Å². The lowest BCUT2D eigenvalue weighted by molar-refractivity contribution is -0.132. The van der Waals surface area contributed by atoms with E-state index in [0.717, 1.165) is 25.1 Å². The lowest BCUT2D eigenvalue weighted by Crippen LogP contribution is -2.45. The minimum Gasteiger partial charge on any atom is -0.379 e. The molecule has 146 valence electrons. The van der Waals surface area contributed by atoms with Gasteiger partial charge in [-0.1, -0.05) is 37.6 Å². The van der Waals surface area contributed by atoms with Crippen molar-refractivity contribution in [2.24, 2.45) is 5.92 Å². The van der Waals surface area contributed by atoms with Crippen molar-refractivity contribution >= 4 is 17.5 Å². The molecule has 2 unspecified atom stereocenters. The average Bonchev–Trinajstić information content (AvgIpc) is 2.63. The molecule has 0 aromatic heterocycles. The average molecular weight is 383 g/mol. The van der Waals surface area contributed by atoms with Gasteiger partial charge in [-0.05, 0) is 37.0 Å². The second-order valence-electron chi connectivity index (χ2n) is 7.16. The molecule has 2 atom stereocenters. The minimum absolute atomic E-state index is 0.0685. The molecule has 0 spiro atoms. The Labute approximate surface area is 162 Å². The van der Waals surface area contributed by atoms with Crippen molar-refractivity contribution in [1.82, 2.24) is 10.2 Å². The molecule has 0 bridgehead atoms. The number of nitrogens with zero attached hydrogens (tertiary/aromatic N) is 1. The molecule has 2 rings (SSSR count). The van der Waals surface area contributed by atoms with Crippen LogP contribution in [0.5, 0.6) is 0 Å². The fourth-order valence-corrected chi connectivity index (χ4v) is 3.06. The molecule has 1 fully saturated rings. The Morgan fingerprint density at radius 3 is 2.50 bits per heavy atom. The first kappa shape index (κ1) is 21.2. The maximum Gasteiger partial charge on any atom is 0.248 e. The van der Waals surface area contributed by atoms with Gasteiger partial charge in [0.05, 0.1) is 19.3 Å². The SMILES string of the molecule is CC(C)CCOC(C)C(=O)NCC(c1ccc(Cl)cc1)N1CCOCC1. The zero-order valence-corrected chi connectivity index (χ0v) is 16.8. The third-order valence-corrected chi connectivity index (χ3v) is 4.90. The van der Waals surface area contributed by atoms with E-state index in [1.54, 1.807) is 0 Å². The summed E-state index contributed by atoms with van der Waals surface area (Å²) in [5, 5.41) is 3.77. The molecule has 0 radical (unpaired) electrons. The van der Waals surface area contributed by atoms with Crippen molar-refractivity contribution in [3.05, 3.63) is 34.9 Å². The number of carbonyl (C=O) groups excluding carboxylic acids is 1. The Bertz CT molecular complexity index is 544. The van der Waals surface area contributed by atoms with Crippen LogP contribution in [0.2, 0.25) is 5.02 Å². The van der Waals surface area contributed by atoms with Crippen LogP contribution >= 0.6 is 11.6 Å². The quantitative estimate of drug-likeness (QED) is 0.712. The van der Waals surface area contributed by atoms with E-state index >= 15 is 0 Å². The normalized spacial score (nSPS) is 17.9. The first-order valence-corrected chi connectivity index (χ1v) is 9.81. The highest BCUT2D eigenvalue weighted by Gasteiger charge is 2.24. The first-order chi connectivity index (χ1) is 12.5. The molecule has 26 heavy (non-hydrogen) atoms. The van der Waals surface area contributed by atoms with Crippen molar-refractivity contribution in [3.63, 3.8) is 0 Å². The minimum atomic E-state index is -0.440. The molecule has 1 amide bonds. The van der Waals surface area contributed by atoms with Crippen LogP contribution in [0.25, 0.3) is 0 Å². The Kier molecular flexibility index (Phi) is 8.85. The fraction of sp³-hybridized carbons (Fsp3) is 0.650. The summed E-state index contributed by atoms with van der Waals surface area (Å²) in [5.41, 5.74) is 1.14. The monoisotopic (exact) mass is 382 g/mol. The van der Waals surface area contributed by atoms with Gasteiger partial charge in [-0.3, -0.25) is 9.69 Å². The summed E-state index contributed by atoms with van der Waals surface area (Å²) in [5.74, 6) is 0.502. The maximum absolute atomic E-state index is 12.4. The van der Waals surface area contributed by atoms with Crippen molar-refractivity contribution in [3.8, 4) is 0 Å². The van der Waals surface area contributed by atoms with E-state index < -0.39 is 6.10 Å². The predicted octanol–water partition coefficient (Wildman–Crippen LogP) is 3.28. The molecular formula is C20H31ClN2O3. The molecule has 1 aromatic rings. The van der Waals surface area contributed by atoms with Crippen LogP contribution in [0, 0.1) is 5.92 Å². The number of rotatable bonds is 9. The van der Waals surface area contributed by atoms with E-state index in [1.807, 2.05) is 31.2 Å². The number of benzene rings is 1. The first-order valence-electron chi connectivity index (χ1n) is 9.44. The molecule has 0 aliphatic carbocycles. The zero-order valence-electron chi connectivity index (χ0n) is 16.0. The summed E-state index contributed by atoms with van der Waals surface area (Å²) in [7, 11) is 0. The number of hydrogen-bond donors (Lipinski definition) is 1. The van der Waals surface area contributed by atoms with Gasteiger partial charge in [-0.15, -0.1) is 0 Å². The van der Waals surface area contributed by atoms with Crippen molar-refractivity contribution in [1.29, 1.82) is 0 Å². The smallest absolute Gasteiger partial charge is 0.248 e. The Morgan fingerprint density at radius 1 is 1.23 bits per heavy atom. The fourth-order valence-electron chi connectivity index (χ4n) is 2.93. The third-order valence-electron chi connectivity index (χ3n) is 4.64. The van der Waals surface area contributed by atoms with Crippen molar-refractivity contribution in [2.75, 3.05) is 39.5 Å². The number of hydrogen-bond acceptors (Lipinski definition) is 4. The molecule has 1 aliphatic rings. The highest BCUT2D eigenvalue weighted by molar-refractivity contribution is 6.30. The summed E-state index contributed by atoms with van der Waals surface area (Å²) in [6, 6.07) is 7.94.